The largest absolute Gasteiger partial charge is 0.481 e. The van der Waals surface area contributed by atoms with Gasteiger partial charge in [0.15, 0.2) is 0 Å². The number of nitrogens with one attached hydrogen (secondary N) is 2. The maximum absolute atomic E-state index is 11.6. The van der Waals surface area contributed by atoms with Crippen LogP contribution in [0.2, 0.25) is 0 Å². The summed E-state index contributed by atoms with van der Waals surface area (Å²) in [5.41, 5.74) is 4.18. The molecule has 6 N–H and O–H groups in total. The molecule has 0 aromatic carbocycles. The Bertz CT molecular complexity index is 421. The van der Waals surface area contributed by atoms with Crippen molar-refractivity contribution >= 4 is 23.9 Å². The zero-order valence-electron chi connectivity index (χ0n) is 12.0. The van der Waals surface area contributed by atoms with Crippen LogP contribution < -0.4 is 16.4 Å². The minimum absolute atomic E-state index is 0.00569. The second-order valence-electron chi connectivity index (χ2n) is 5.25. The van der Waals surface area contributed by atoms with Gasteiger partial charge < -0.3 is 26.6 Å². The highest BCUT2D eigenvalue weighted by Gasteiger charge is 2.26. The lowest BCUT2D eigenvalue weighted by Crippen LogP contribution is -2.50. The third-order valence-corrected chi connectivity index (χ3v) is 2.84. The van der Waals surface area contributed by atoms with Crippen molar-refractivity contribution in [3.8, 4) is 0 Å². The average Bonchev–Trinajstić information content (AvgIpc) is 2.34. The lowest BCUT2D eigenvalue weighted by Gasteiger charge is -2.22. The number of aliphatic carboxylic acids is 2. The van der Waals surface area contributed by atoms with E-state index >= 15 is 0 Å². The molecule has 0 unspecified atom stereocenters. The van der Waals surface area contributed by atoms with E-state index in [9.17, 15) is 19.2 Å². The highest BCUT2D eigenvalue weighted by Crippen LogP contribution is 2.11. The SMILES string of the molecule is CC(C)(CNC(=O)N[C@H](CCCC(=O)O)C(=O)O)C(N)=O. The molecule has 0 aliphatic rings. The van der Waals surface area contributed by atoms with Gasteiger partial charge in [-0.3, -0.25) is 9.59 Å². The first-order valence-electron chi connectivity index (χ1n) is 6.35. The first kappa shape index (κ1) is 18.7. The Balaban J connectivity index is 4.32. The van der Waals surface area contributed by atoms with E-state index in [1.807, 2.05) is 0 Å². The number of carbonyl (C=O) groups is 4. The second-order valence-corrected chi connectivity index (χ2v) is 5.25. The summed E-state index contributed by atoms with van der Waals surface area (Å²) in [4.78, 5) is 44.0. The normalized spacial score (nSPS) is 12.3. The minimum Gasteiger partial charge on any atom is -0.481 e. The van der Waals surface area contributed by atoms with Gasteiger partial charge in [0.25, 0.3) is 0 Å². The number of carboxylic acid groups (broad SMARTS) is 2. The van der Waals surface area contributed by atoms with Gasteiger partial charge in [-0.25, -0.2) is 9.59 Å². The van der Waals surface area contributed by atoms with Crippen molar-refractivity contribution in [1.82, 2.24) is 10.6 Å². The standard InChI is InChI=1S/C12H21N3O6/c1-12(2,10(13)20)6-14-11(21)15-7(9(18)19)4-3-5-8(16)17/h7H,3-6H2,1-2H3,(H2,13,20)(H,16,17)(H,18,19)(H2,14,15,21)/t7-/m1/s1. The van der Waals surface area contributed by atoms with Crippen LogP contribution in [0.4, 0.5) is 4.79 Å². The van der Waals surface area contributed by atoms with Crippen LogP contribution in [0, 0.1) is 5.41 Å². The van der Waals surface area contributed by atoms with Crippen molar-refractivity contribution < 1.29 is 29.4 Å². The number of amides is 3. The number of nitrogens with two attached hydrogens (primary N) is 1. The van der Waals surface area contributed by atoms with Gasteiger partial charge in [0.05, 0.1) is 5.41 Å². The monoisotopic (exact) mass is 303 g/mol. The molecular formula is C12H21N3O6. The van der Waals surface area contributed by atoms with Gasteiger partial charge in [0, 0.05) is 13.0 Å². The molecule has 0 spiro atoms. The molecule has 0 fully saturated rings. The molecule has 0 saturated heterocycles. The number of primary amides is 1. The Morgan fingerprint density at radius 1 is 1.19 bits per heavy atom. The summed E-state index contributed by atoms with van der Waals surface area (Å²) in [6.07, 6.45) is -0.0601. The van der Waals surface area contributed by atoms with Crippen LogP contribution in [0.15, 0.2) is 0 Å². The first-order valence-corrected chi connectivity index (χ1v) is 6.35. The first-order chi connectivity index (χ1) is 9.56. The van der Waals surface area contributed by atoms with Gasteiger partial charge in [-0.2, -0.15) is 0 Å². The van der Waals surface area contributed by atoms with Crippen LogP contribution in [0.5, 0.6) is 0 Å². The van der Waals surface area contributed by atoms with Gasteiger partial charge in [-0.1, -0.05) is 0 Å². The lowest BCUT2D eigenvalue weighted by atomic mass is 9.93. The van der Waals surface area contributed by atoms with Crippen LogP contribution in [0.25, 0.3) is 0 Å². The maximum Gasteiger partial charge on any atom is 0.326 e. The fraction of sp³-hybridized carbons (Fsp3) is 0.667. The van der Waals surface area contributed by atoms with E-state index < -0.39 is 35.3 Å². The van der Waals surface area contributed by atoms with Crippen molar-refractivity contribution in [2.75, 3.05) is 6.54 Å². The Kier molecular flexibility index (Phi) is 7.18. The van der Waals surface area contributed by atoms with E-state index in [4.69, 9.17) is 15.9 Å². The van der Waals surface area contributed by atoms with Crippen molar-refractivity contribution in [1.29, 1.82) is 0 Å². The zero-order valence-corrected chi connectivity index (χ0v) is 12.0. The molecule has 9 heteroatoms. The Morgan fingerprint density at radius 2 is 1.76 bits per heavy atom. The van der Waals surface area contributed by atoms with E-state index in [-0.39, 0.29) is 25.8 Å². The fourth-order valence-electron chi connectivity index (χ4n) is 1.31. The van der Waals surface area contributed by atoms with Crippen LogP contribution in [-0.4, -0.2) is 46.7 Å². The molecule has 21 heavy (non-hydrogen) atoms. The van der Waals surface area contributed by atoms with Gasteiger partial charge >= 0.3 is 18.0 Å². The topological polar surface area (TPSA) is 159 Å². The summed E-state index contributed by atoms with van der Waals surface area (Å²) in [5, 5.41) is 22.0. The molecular weight excluding hydrogens is 282 g/mol. The summed E-state index contributed by atoms with van der Waals surface area (Å²) in [6.45, 7) is 3.03. The summed E-state index contributed by atoms with van der Waals surface area (Å²) in [5.74, 6) is -2.89. The molecule has 0 aromatic rings. The van der Waals surface area contributed by atoms with Crippen molar-refractivity contribution in [3.05, 3.63) is 0 Å². The van der Waals surface area contributed by atoms with Crippen molar-refractivity contribution in [3.63, 3.8) is 0 Å². The third kappa shape index (κ3) is 7.75. The number of rotatable bonds is 9. The van der Waals surface area contributed by atoms with Gasteiger partial charge in [-0.15, -0.1) is 0 Å². The molecule has 0 aliphatic carbocycles. The van der Waals surface area contributed by atoms with Crippen LogP contribution in [-0.2, 0) is 14.4 Å². The molecule has 1 atom stereocenters. The molecule has 0 radical (unpaired) electrons. The predicted octanol–water partition coefficient (Wildman–Crippen LogP) is -0.495. The van der Waals surface area contributed by atoms with Crippen LogP contribution in [0.1, 0.15) is 33.1 Å². The Morgan fingerprint density at radius 3 is 2.19 bits per heavy atom. The number of hydrogen-bond donors (Lipinski definition) is 5. The maximum atomic E-state index is 11.6. The Hall–Kier alpha value is -2.32. The quantitative estimate of drug-likeness (QED) is 0.386. The highest BCUT2D eigenvalue weighted by molar-refractivity contribution is 5.84. The van der Waals surface area contributed by atoms with Gasteiger partial charge in [0.2, 0.25) is 5.91 Å². The number of carboxylic acids is 2. The molecule has 3 amide bonds. The zero-order chi connectivity index (χ0) is 16.6. The predicted molar refractivity (Wildman–Crippen MR) is 72.4 cm³/mol. The van der Waals surface area contributed by atoms with E-state index in [0.717, 1.165) is 0 Å². The molecule has 0 heterocycles. The summed E-state index contributed by atoms with van der Waals surface area (Å²) in [7, 11) is 0. The van der Waals surface area contributed by atoms with Crippen molar-refractivity contribution in [2.45, 2.75) is 39.2 Å². The minimum atomic E-state index is -1.26. The van der Waals surface area contributed by atoms with Crippen LogP contribution in [0.3, 0.4) is 0 Å². The van der Waals surface area contributed by atoms with Crippen LogP contribution >= 0.6 is 0 Å². The second kappa shape index (κ2) is 8.08. The molecule has 120 valence electrons. The van der Waals surface area contributed by atoms with E-state index in [2.05, 4.69) is 10.6 Å². The molecule has 9 nitrogen and oxygen atoms in total. The summed E-state index contributed by atoms with van der Waals surface area (Å²) >= 11 is 0. The number of hydrogen-bond acceptors (Lipinski definition) is 4. The smallest absolute Gasteiger partial charge is 0.326 e. The van der Waals surface area contributed by atoms with E-state index in [1.165, 1.54) is 13.8 Å². The average molecular weight is 303 g/mol. The van der Waals surface area contributed by atoms with E-state index in [0.29, 0.717) is 0 Å². The molecule has 0 aromatic heterocycles. The summed E-state index contributed by atoms with van der Waals surface area (Å²) in [6, 6.07) is -1.95. The molecule has 0 bridgehead atoms. The number of urea groups is 1. The third-order valence-electron chi connectivity index (χ3n) is 2.84. The Labute approximate surface area is 121 Å². The van der Waals surface area contributed by atoms with Gasteiger partial charge in [-0.05, 0) is 26.7 Å². The molecule has 0 rings (SSSR count). The molecule has 0 saturated carbocycles. The van der Waals surface area contributed by atoms with Gasteiger partial charge in [0.1, 0.15) is 6.04 Å². The van der Waals surface area contributed by atoms with E-state index in [1.54, 1.807) is 0 Å². The number of carbonyl (C=O) groups excluding carboxylic acids is 2. The fourth-order valence-corrected chi connectivity index (χ4v) is 1.31. The highest BCUT2D eigenvalue weighted by atomic mass is 16.4. The molecule has 0 aliphatic heterocycles. The van der Waals surface area contributed by atoms with Crippen molar-refractivity contribution in [2.24, 2.45) is 11.1 Å². The lowest BCUT2D eigenvalue weighted by molar-refractivity contribution is -0.140. The summed E-state index contributed by atoms with van der Waals surface area (Å²) < 4.78 is 0.